The third-order valence-electron chi connectivity index (χ3n) is 2.13. The van der Waals surface area contributed by atoms with Gasteiger partial charge in [-0.05, 0) is 19.2 Å². The van der Waals surface area contributed by atoms with E-state index >= 15 is 0 Å². The van der Waals surface area contributed by atoms with Gasteiger partial charge in [-0.3, -0.25) is 4.79 Å². The first-order chi connectivity index (χ1) is 8.71. The minimum Gasteiger partial charge on any atom is -0.493 e. The topological polar surface area (TPSA) is 79.8 Å². The standard InChI is InChI=1S/C12H18N2O4/c1-13-8-12(16)14-9-3-4-10(17-2)11(7-9)18-6-5-15/h3-4,7,13,15H,5-6,8H2,1-2H3,(H,14,16). The number of nitrogens with one attached hydrogen (secondary N) is 2. The van der Waals surface area contributed by atoms with Crippen molar-refractivity contribution in [3.63, 3.8) is 0 Å². The first kappa shape index (κ1) is 14.3. The quantitative estimate of drug-likeness (QED) is 0.649. The maximum atomic E-state index is 11.4. The number of hydrogen-bond acceptors (Lipinski definition) is 5. The highest BCUT2D eigenvalue weighted by atomic mass is 16.5. The van der Waals surface area contributed by atoms with Gasteiger partial charge in [0.1, 0.15) is 6.61 Å². The Morgan fingerprint density at radius 3 is 2.78 bits per heavy atom. The van der Waals surface area contributed by atoms with E-state index in [1.165, 1.54) is 7.11 Å². The van der Waals surface area contributed by atoms with Crippen molar-refractivity contribution in [3.05, 3.63) is 18.2 Å². The molecule has 6 heteroatoms. The number of carbonyl (C=O) groups is 1. The van der Waals surface area contributed by atoms with Crippen LogP contribution in [0.25, 0.3) is 0 Å². The fourth-order valence-corrected chi connectivity index (χ4v) is 1.39. The van der Waals surface area contributed by atoms with Crippen molar-refractivity contribution < 1.29 is 19.4 Å². The second-order valence-corrected chi connectivity index (χ2v) is 3.52. The molecule has 0 unspecified atom stereocenters. The molecular formula is C12H18N2O4. The van der Waals surface area contributed by atoms with Crippen LogP contribution in [0.3, 0.4) is 0 Å². The van der Waals surface area contributed by atoms with Crippen LogP contribution >= 0.6 is 0 Å². The minimum atomic E-state index is -0.143. The largest absolute Gasteiger partial charge is 0.493 e. The molecule has 6 nitrogen and oxygen atoms in total. The summed E-state index contributed by atoms with van der Waals surface area (Å²) in [5.41, 5.74) is 0.615. The third kappa shape index (κ3) is 4.23. The molecule has 0 spiro atoms. The van der Waals surface area contributed by atoms with E-state index in [9.17, 15) is 4.79 Å². The van der Waals surface area contributed by atoms with Crippen LogP contribution in [0.4, 0.5) is 5.69 Å². The van der Waals surface area contributed by atoms with E-state index in [0.29, 0.717) is 17.2 Å². The zero-order valence-electron chi connectivity index (χ0n) is 10.5. The fraction of sp³-hybridized carbons (Fsp3) is 0.417. The first-order valence-electron chi connectivity index (χ1n) is 5.57. The molecule has 1 amide bonds. The van der Waals surface area contributed by atoms with Crippen LogP contribution in [0, 0.1) is 0 Å². The zero-order valence-corrected chi connectivity index (χ0v) is 10.5. The van der Waals surface area contributed by atoms with E-state index in [1.54, 1.807) is 25.2 Å². The number of aliphatic hydroxyl groups is 1. The van der Waals surface area contributed by atoms with Crippen LogP contribution in [0.5, 0.6) is 11.5 Å². The van der Waals surface area contributed by atoms with Gasteiger partial charge in [-0.1, -0.05) is 0 Å². The van der Waals surface area contributed by atoms with Crippen molar-refractivity contribution in [2.24, 2.45) is 0 Å². The Balaban J connectivity index is 2.78. The van der Waals surface area contributed by atoms with Gasteiger partial charge in [0.15, 0.2) is 11.5 Å². The SMILES string of the molecule is CNCC(=O)Nc1ccc(OC)c(OCCO)c1. The molecule has 0 aliphatic heterocycles. The van der Waals surface area contributed by atoms with Crippen LogP contribution in [-0.4, -0.2) is 44.9 Å². The second kappa shape index (κ2) is 7.52. The fourth-order valence-electron chi connectivity index (χ4n) is 1.39. The van der Waals surface area contributed by atoms with Gasteiger partial charge in [0.2, 0.25) is 5.91 Å². The summed E-state index contributed by atoms with van der Waals surface area (Å²) in [5.74, 6) is 0.889. The molecule has 0 aliphatic rings. The molecule has 100 valence electrons. The van der Waals surface area contributed by atoms with Gasteiger partial charge in [0.25, 0.3) is 0 Å². The molecule has 1 aromatic carbocycles. The van der Waals surface area contributed by atoms with Gasteiger partial charge in [-0.2, -0.15) is 0 Å². The molecule has 0 heterocycles. The molecule has 1 rings (SSSR count). The average molecular weight is 254 g/mol. The lowest BCUT2D eigenvalue weighted by Gasteiger charge is -2.12. The van der Waals surface area contributed by atoms with Crippen LogP contribution in [0.2, 0.25) is 0 Å². The number of likely N-dealkylation sites (N-methyl/N-ethyl adjacent to an activating group) is 1. The van der Waals surface area contributed by atoms with Crippen molar-refractivity contribution in [3.8, 4) is 11.5 Å². The molecule has 0 saturated carbocycles. The summed E-state index contributed by atoms with van der Waals surface area (Å²) in [6.07, 6.45) is 0. The van der Waals surface area contributed by atoms with E-state index in [2.05, 4.69) is 10.6 Å². The maximum Gasteiger partial charge on any atom is 0.238 e. The van der Waals surface area contributed by atoms with Crippen molar-refractivity contribution in [2.45, 2.75) is 0 Å². The molecule has 0 saturated heterocycles. The summed E-state index contributed by atoms with van der Waals surface area (Å²) in [7, 11) is 3.23. The van der Waals surface area contributed by atoms with E-state index in [0.717, 1.165) is 0 Å². The first-order valence-corrected chi connectivity index (χ1v) is 5.57. The smallest absolute Gasteiger partial charge is 0.238 e. The van der Waals surface area contributed by atoms with Crippen LogP contribution < -0.4 is 20.1 Å². The van der Waals surface area contributed by atoms with E-state index in [4.69, 9.17) is 14.6 Å². The summed E-state index contributed by atoms with van der Waals surface area (Å²) in [5, 5.41) is 14.2. The lowest BCUT2D eigenvalue weighted by molar-refractivity contribution is -0.115. The monoisotopic (exact) mass is 254 g/mol. The van der Waals surface area contributed by atoms with Gasteiger partial charge in [0, 0.05) is 11.8 Å². The highest BCUT2D eigenvalue weighted by molar-refractivity contribution is 5.92. The van der Waals surface area contributed by atoms with Crippen LogP contribution in [-0.2, 0) is 4.79 Å². The summed E-state index contributed by atoms with van der Waals surface area (Å²) in [4.78, 5) is 11.4. The molecule has 0 bridgehead atoms. The summed E-state index contributed by atoms with van der Waals surface area (Å²) in [6, 6.07) is 5.07. The minimum absolute atomic E-state index is 0.0838. The van der Waals surface area contributed by atoms with E-state index in [1.807, 2.05) is 0 Å². The number of carbonyl (C=O) groups excluding carboxylic acids is 1. The van der Waals surface area contributed by atoms with E-state index in [-0.39, 0.29) is 25.7 Å². The highest BCUT2D eigenvalue weighted by Crippen LogP contribution is 2.30. The second-order valence-electron chi connectivity index (χ2n) is 3.52. The summed E-state index contributed by atoms with van der Waals surface area (Å²) >= 11 is 0. The molecule has 0 radical (unpaired) electrons. The Morgan fingerprint density at radius 2 is 2.17 bits per heavy atom. The van der Waals surface area contributed by atoms with Crippen LogP contribution in [0.1, 0.15) is 0 Å². The predicted octanol–water partition coefficient (Wildman–Crippen LogP) is 0.224. The van der Waals surface area contributed by atoms with Crippen molar-refractivity contribution in [2.75, 3.05) is 39.2 Å². The van der Waals surface area contributed by atoms with Gasteiger partial charge < -0.3 is 25.2 Å². The van der Waals surface area contributed by atoms with Gasteiger partial charge in [0.05, 0.1) is 20.3 Å². The molecule has 0 fully saturated rings. The van der Waals surface area contributed by atoms with Gasteiger partial charge in [-0.25, -0.2) is 0 Å². The lowest BCUT2D eigenvalue weighted by Crippen LogP contribution is -2.25. The molecular weight excluding hydrogens is 236 g/mol. The average Bonchev–Trinajstić information content (AvgIpc) is 2.36. The number of amides is 1. The Labute approximate surface area is 106 Å². The summed E-state index contributed by atoms with van der Waals surface area (Å²) < 4.78 is 10.4. The predicted molar refractivity (Wildman–Crippen MR) is 68.1 cm³/mol. The Morgan fingerprint density at radius 1 is 1.39 bits per heavy atom. The molecule has 0 aromatic heterocycles. The molecule has 1 aromatic rings. The number of methoxy groups -OCH3 is 1. The van der Waals surface area contributed by atoms with E-state index < -0.39 is 0 Å². The number of hydrogen-bond donors (Lipinski definition) is 3. The number of rotatable bonds is 7. The zero-order chi connectivity index (χ0) is 13.4. The third-order valence-corrected chi connectivity index (χ3v) is 2.13. The highest BCUT2D eigenvalue weighted by Gasteiger charge is 2.07. The Kier molecular flexibility index (Phi) is 5.96. The van der Waals surface area contributed by atoms with Crippen molar-refractivity contribution >= 4 is 11.6 Å². The van der Waals surface area contributed by atoms with Crippen molar-refractivity contribution in [1.82, 2.24) is 5.32 Å². The Bertz CT molecular complexity index is 396. The lowest BCUT2D eigenvalue weighted by atomic mass is 10.2. The summed E-state index contributed by atoms with van der Waals surface area (Å²) in [6.45, 7) is 0.322. The maximum absolute atomic E-state index is 11.4. The molecule has 3 N–H and O–H groups in total. The normalized spacial score (nSPS) is 9.94. The number of benzene rings is 1. The van der Waals surface area contributed by atoms with Gasteiger partial charge in [-0.15, -0.1) is 0 Å². The molecule has 0 atom stereocenters. The van der Waals surface area contributed by atoms with Crippen LogP contribution in [0.15, 0.2) is 18.2 Å². The van der Waals surface area contributed by atoms with Crippen molar-refractivity contribution in [1.29, 1.82) is 0 Å². The number of ether oxygens (including phenoxy) is 2. The number of aliphatic hydroxyl groups excluding tert-OH is 1. The Hall–Kier alpha value is -1.79. The van der Waals surface area contributed by atoms with Gasteiger partial charge >= 0.3 is 0 Å². The molecule has 0 aliphatic carbocycles. The number of anilines is 1. The molecule has 18 heavy (non-hydrogen) atoms.